The summed E-state index contributed by atoms with van der Waals surface area (Å²) in [6.45, 7) is 4.42. The van der Waals surface area contributed by atoms with Crippen LogP contribution in [-0.2, 0) is 17.8 Å². The van der Waals surface area contributed by atoms with E-state index in [1.54, 1.807) is 6.20 Å². The van der Waals surface area contributed by atoms with Crippen LogP contribution in [0.1, 0.15) is 50.7 Å². The molecule has 0 radical (unpaired) electrons. The molecule has 1 fully saturated rings. The molecule has 1 aliphatic carbocycles. The monoisotopic (exact) mass is 368 g/mol. The SMILES string of the molecule is CC(C)Oc1cccc(CC(=O)NCc2ccc(OC3CCCC3)nc2)c1. The van der Waals surface area contributed by atoms with Crippen LogP contribution in [-0.4, -0.2) is 23.1 Å². The number of carbonyl (C=O) groups is 1. The van der Waals surface area contributed by atoms with Crippen LogP contribution >= 0.6 is 0 Å². The van der Waals surface area contributed by atoms with Gasteiger partial charge in [-0.2, -0.15) is 0 Å². The second-order valence-electron chi connectivity index (χ2n) is 7.30. The lowest BCUT2D eigenvalue weighted by molar-refractivity contribution is -0.120. The highest BCUT2D eigenvalue weighted by atomic mass is 16.5. The number of pyridine rings is 1. The Morgan fingerprint density at radius 1 is 1.19 bits per heavy atom. The molecule has 2 aromatic rings. The number of amides is 1. The average molecular weight is 368 g/mol. The quantitative estimate of drug-likeness (QED) is 0.764. The van der Waals surface area contributed by atoms with Gasteiger partial charge in [0.05, 0.1) is 12.5 Å². The van der Waals surface area contributed by atoms with Crippen LogP contribution in [0.25, 0.3) is 0 Å². The first kappa shape index (κ1) is 19.2. The number of carbonyl (C=O) groups excluding carboxylic acids is 1. The number of aromatic nitrogens is 1. The smallest absolute Gasteiger partial charge is 0.224 e. The first-order valence-electron chi connectivity index (χ1n) is 9.72. The lowest BCUT2D eigenvalue weighted by Gasteiger charge is -2.12. The van der Waals surface area contributed by atoms with Crippen LogP contribution in [0.3, 0.4) is 0 Å². The molecule has 1 aromatic carbocycles. The van der Waals surface area contributed by atoms with Gasteiger partial charge in [-0.1, -0.05) is 18.2 Å². The summed E-state index contributed by atoms with van der Waals surface area (Å²) in [5.41, 5.74) is 1.89. The van der Waals surface area contributed by atoms with Gasteiger partial charge in [0.15, 0.2) is 0 Å². The maximum Gasteiger partial charge on any atom is 0.224 e. The molecule has 1 aliphatic rings. The van der Waals surface area contributed by atoms with E-state index in [4.69, 9.17) is 9.47 Å². The van der Waals surface area contributed by atoms with Crippen molar-refractivity contribution in [2.24, 2.45) is 0 Å². The molecule has 5 nitrogen and oxygen atoms in total. The molecule has 0 atom stereocenters. The third-order valence-electron chi connectivity index (χ3n) is 4.51. The number of hydrogen-bond donors (Lipinski definition) is 1. The minimum atomic E-state index is -0.0250. The lowest BCUT2D eigenvalue weighted by Crippen LogP contribution is -2.24. The van der Waals surface area contributed by atoms with Crippen molar-refractivity contribution in [2.45, 2.75) is 64.7 Å². The number of nitrogens with one attached hydrogen (secondary N) is 1. The van der Waals surface area contributed by atoms with Crippen LogP contribution in [0, 0.1) is 0 Å². The largest absolute Gasteiger partial charge is 0.491 e. The van der Waals surface area contributed by atoms with Crippen molar-refractivity contribution in [1.82, 2.24) is 10.3 Å². The second kappa shape index (κ2) is 9.40. The number of nitrogens with zero attached hydrogens (tertiary/aromatic N) is 1. The van der Waals surface area contributed by atoms with Gasteiger partial charge in [0.1, 0.15) is 11.9 Å². The van der Waals surface area contributed by atoms with Crippen molar-refractivity contribution in [3.8, 4) is 11.6 Å². The fourth-order valence-corrected chi connectivity index (χ4v) is 3.21. The summed E-state index contributed by atoms with van der Waals surface area (Å²) >= 11 is 0. The van der Waals surface area contributed by atoms with E-state index in [9.17, 15) is 4.79 Å². The fraction of sp³-hybridized carbons (Fsp3) is 0.455. The Balaban J connectivity index is 1.46. The minimum absolute atomic E-state index is 0.0250. The molecule has 1 heterocycles. The Morgan fingerprint density at radius 2 is 2.00 bits per heavy atom. The standard InChI is InChI=1S/C22H28N2O3/c1-16(2)26-20-9-5-6-17(12-20)13-21(25)23-14-18-10-11-22(24-15-18)27-19-7-3-4-8-19/h5-6,9-12,15-16,19H,3-4,7-8,13-14H2,1-2H3,(H,23,25). The molecule has 0 bridgehead atoms. The van der Waals surface area contributed by atoms with Crippen molar-refractivity contribution >= 4 is 5.91 Å². The van der Waals surface area contributed by atoms with Gasteiger partial charge in [-0.3, -0.25) is 4.79 Å². The van der Waals surface area contributed by atoms with E-state index in [0.717, 1.165) is 29.7 Å². The Bertz CT molecular complexity index is 737. The number of ether oxygens (including phenoxy) is 2. The maximum atomic E-state index is 12.2. The summed E-state index contributed by atoms with van der Waals surface area (Å²) in [5, 5.41) is 2.94. The van der Waals surface area contributed by atoms with Gasteiger partial charge in [0, 0.05) is 18.8 Å². The maximum absolute atomic E-state index is 12.2. The highest BCUT2D eigenvalue weighted by molar-refractivity contribution is 5.78. The van der Waals surface area contributed by atoms with Gasteiger partial charge in [-0.05, 0) is 62.8 Å². The van der Waals surface area contributed by atoms with E-state index in [1.165, 1.54) is 12.8 Å². The summed E-state index contributed by atoms with van der Waals surface area (Å²) < 4.78 is 11.5. The zero-order valence-electron chi connectivity index (χ0n) is 16.1. The van der Waals surface area contributed by atoms with Crippen LogP contribution < -0.4 is 14.8 Å². The minimum Gasteiger partial charge on any atom is -0.491 e. The predicted octanol–water partition coefficient (Wildman–Crippen LogP) is 4.05. The Hall–Kier alpha value is -2.56. The Kier molecular flexibility index (Phi) is 6.69. The van der Waals surface area contributed by atoms with Gasteiger partial charge in [-0.25, -0.2) is 4.98 Å². The summed E-state index contributed by atoms with van der Waals surface area (Å²) in [4.78, 5) is 16.6. The van der Waals surface area contributed by atoms with E-state index >= 15 is 0 Å². The molecule has 1 saturated carbocycles. The topological polar surface area (TPSA) is 60.5 Å². The van der Waals surface area contributed by atoms with Crippen molar-refractivity contribution in [2.75, 3.05) is 0 Å². The molecule has 1 N–H and O–H groups in total. The van der Waals surface area contributed by atoms with Crippen LogP contribution in [0.2, 0.25) is 0 Å². The third kappa shape index (κ3) is 6.27. The predicted molar refractivity (Wildman–Crippen MR) is 105 cm³/mol. The van der Waals surface area contributed by atoms with Crippen LogP contribution in [0.4, 0.5) is 0 Å². The molecule has 1 aromatic heterocycles. The van der Waals surface area contributed by atoms with Crippen LogP contribution in [0.5, 0.6) is 11.6 Å². The Labute approximate surface area is 161 Å². The molecule has 5 heteroatoms. The van der Waals surface area contributed by atoms with E-state index < -0.39 is 0 Å². The molecule has 27 heavy (non-hydrogen) atoms. The normalized spacial score (nSPS) is 14.3. The number of hydrogen-bond acceptors (Lipinski definition) is 4. The lowest BCUT2D eigenvalue weighted by atomic mass is 10.1. The molecule has 0 spiro atoms. The molecule has 144 valence electrons. The molecular formula is C22H28N2O3. The average Bonchev–Trinajstić information content (AvgIpc) is 3.14. The molecule has 0 aliphatic heterocycles. The van der Waals surface area contributed by atoms with Crippen molar-refractivity contribution in [3.63, 3.8) is 0 Å². The van der Waals surface area contributed by atoms with Gasteiger partial charge in [-0.15, -0.1) is 0 Å². The van der Waals surface area contributed by atoms with E-state index in [2.05, 4.69) is 10.3 Å². The number of benzene rings is 1. The first-order chi connectivity index (χ1) is 13.1. The van der Waals surface area contributed by atoms with Gasteiger partial charge in [0.25, 0.3) is 0 Å². The van der Waals surface area contributed by atoms with Gasteiger partial charge in [0.2, 0.25) is 11.8 Å². The van der Waals surface area contributed by atoms with Crippen molar-refractivity contribution in [1.29, 1.82) is 0 Å². The van der Waals surface area contributed by atoms with Gasteiger partial charge >= 0.3 is 0 Å². The highest BCUT2D eigenvalue weighted by Gasteiger charge is 2.16. The molecule has 3 rings (SSSR count). The van der Waals surface area contributed by atoms with Crippen LogP contribution in [0.15, 0.2) is 42.6 Å². The van der Waals surface area contributed by atoms with Crippen molar-refractivity contribution in [3.05, 3.63) is 53.7 Å². The second-order valence-corrected chi connectivity index (χ2v) is 7.30. The summed E-state index contributed by atoms with van der Waals surface area (Å²) in [5.74, 6) is 1.43. The van der Waals surface area contributed by atoms with Crippen molar-refractivity contribution < 1.29 is 14.3 Å². The molecule has 0 saturated heterocycles. The summed E-state index contributed by atoms with van der Waals surface area (Å²) in [6, 6.07) is 11.5. The van der Waals surface area contributed by atoms with Gasteiger partial charge < -0.3 is 14.8 Å². The van der Waals surface area contributed by atoms with E-state index in [-0.39, 0.29) is 12.0 Å². The molecule has 0 unspecified atom stereocenters. The highest BCUT2D eigenvalue weighted by Crippen LogP contribution is 2.22. The Morgan fingerprint density at radius 3 is 2.70 bits per heavy atom. The number of rotatable bonds is 8. The molecular weight excluding hydrogens is 340 g/mol. The zero-order valence-corrected chi connectivity index (χ0v) is 16.1. The summed E-state index contributed by atoms with van der Waals surface area (Å²) in [7, 11) is 0. The van der Waals surface area contributed by atoms with E-state index in [0.29, 0.717) is 24.9 Å². The third-order valence-corrected chi connectivity index (χ3v) is 4.51. The fourth-order valence-electron chi connectivity index (χ4n) is 3.21. The van der Waals surface area contributed by atoms with E-state index in [1.807, 2.05) is 50.2 Å². The summed E-state index contributed by atoms with van der Waals surface area (Å²) in [6.07, 6.45) is 7.21. The molecule has 1 amide bonds. The first-order valence-corrected chi connectivity index (χ1v) is 9.72. The zero-order chi connectivity index (χ0) is 19.1.